The van der Waals surface area contributed by atoms with Gasteiger partial charge in [-0.1, -0.05) is 6.08 Å². The van der Waals surface area contributed by atoms with Crippen LogP contribution in [0, 0.1) is 12.8 Å². The van der Waals surface area contributed by atoms with Gasteiger partial charge in [-0.05, 0) is 66.7 Å². The first-order valence-corrected chi connectivity index (χ1v) is 12.4. The number of piperidine rings is 1. The standard InChI is InChI=1S/C26H38N4O5/c1-8-11-18-12-14-29(15-13-18)23-21(22(25(32)34-10-3)35-26(5,6)7)17(4)27-20-16-19(28-30(20)23)24(31)33-9-2/h8,16,18,22H,1,9-15H2,2-7H3. The van der Waals surface area contributed by atoms with E-state index in [2.05, 4.69) is 16.6 Å². The van der Waals surface area contributed by atoms with Gasteiger partial charge in [-0.2, -0.15) is 9.61 Å². The van der Waals surface area contributed by atoms with Gasteiger partial charge < -0.3 is 19.1 Å². The summed E-state index contributed by atoms with van der Waals surface area (Å²) in [6.45, 7) is 16.9. The molecule has 35 heavy (non-hydrogen) atoms. The number of carbonyl (C=O) groups excluding carboxylic acids is 2. The van der Waals surface area contributed by atoms with E-state index in [0.717, 1.165) is 32.4 Å². The zero-order chi connectivity index (χ0) is 25.8. The Morgan fingerprint density at radius 2 is 1.86 bits per heavy atom. The largest absolute Gasteiger partial charge is 0.464 e. The van der Waals surface area contributed by atoms with Crippen LogP contribution in [0.3, 0.4) is 0 Å². The van der Waals surface area contributed by atoms with Crippen molar-refractivity contribution in [3.8, 4) is 0 Å². The Morgan fingerprint density at radius 1 is 1.20 bits per heavy atom. The van der Waals surface area contributed by atoms with Crippen molar-refractivity contribution in [2.45, 2.75) is 72.5 Å². The summed E-state index contributed by atoms with van der Waals surface area (Å²) in [5, 5.41) is 4.56. The normalized spacial score (nSPS) is 15.8. The SMILES string of the molecule is C=CCC1CCN(c2c(C(OC(C)(C)C)C(=O)OCC)c(C)nc3cc(C(=O)OCC)nn23)CC1. The number of fused-ring (bicyclic) bond motifs is 1. The van der Waals surface area contributed by atoms with Gasteiger partial charge in [-0.15, -0.1) is 6.58 Å². The van der Waals surface area contributed by atoms with Crippen LogP contribution in [0.5, 0.6) is 0 Å². The molecule has 3 heterocycles. The Bertz CT molecular complexity index is 1060. The first-order valence-electron chi connectivity index (χ1n) is 12.4. The molecule has 0 spiro atoms. The number of nitrogens with zero attached hydrogens (tertiary/aromatic N) is 4. The van der Waals surface area contributed by atoms with Crippen LogP contribution < -0.4 is 4.90 Å². The average Bonchev–Trinajstić information content (AvgIpc) is 3.21. The maximum Gasteiger partial charge on any atom is 0.358 e. The van der Waals surface area contributed by atoms with E-state index in [9.17, 15) is 9.59 Å². The van der Waals surface area contributed by atoms with E-state index in [4.69, 9.17) is 19.2 Å². The van der Waals surface area contributed by atoms with Gasteiger partial charge in [0, 0.05) is 24.8 Å². The number of carbonyl (C=O) groups is 2. The Labute approximate surface area is 207 Å². The van der Waals surface area contributed by atoms with Crippen LogP contribution in [-0.2, 0) is 19.0 Å². The van der Waals surface area contributed by atoms with Gasteiger partial charge >= 0.3 is 11.9 Å². The second kappa shape index (κ2) is 11.2. The number of aryl methyl sites for hydroxylation is 1. The van der Waals surface area contributed by atoms with Crippen molar-refractivity contribution >= 4 is 23.4 Å². The molecule has 2 aromatic rings. The minimum absolute atomic E-state index is 0.170. The van der Waals surface area contributed by atoms with Crippen molar-refractivity contribution < 1.29 is 23.8 Å². The summed E-state index contributed by atoms with van der Waals surface area (Å²) >= 11 is 0. The molecule has 9 heteroatoms. The molecule has 0 amide bonds. The highest BCUT2D eigenvalue weighted by Crippen LogP contribution is 2.37. The fourth-order valence-corrected chi connectivity index (χ4v) is 4.44. The first kappa shape index (κ1) is 26.7. The summed E-state index contributed by atoms with van der Waals surface area (Å²) in [4.78, 5) is 32.5. The van der Waals surface area contributed by atoms with E-state index in [0.29, 0.717) is 28.6 Å². The molecule has 1 atom stereocenters. The van der Waals surface area contributed by atoms with Gasteiger partial charge in [-0.3, -0.25) is 0 Å². The Balaban J connectivity index is 2.20. The van der Waals surface area contributed by atoms with Gasteiger partial charge in [0.25, 0.3) is 0 Å². The van der Waals surface area contributed by atoms with Crippen LogP contribution in [0.1, 0.15) is 81.7 Å². The van der Waals surface area contributed by atoms with E-state index >= 15 is 0 Å². The number of rotatable bonds is 9. The highest BCUT2D eigenvalue weighted by atomic mass is 16.6. The fraction of sp³-hybridized carbons (Fsp3) is 0.615. The van der Waals surface area contributed by atoms with Crippen LogP contribution in [0.2, 0.25) is 0 Å². The zero-order valence-corrected chi connectivity index (χ0v) is 21.8. The van der Waals surface area contributed by atoms with E-state index < -0.39 is 23.6 Å². The van der Waals surface area contributed by atoms with Gasteiger partial charge in [0.05, 0.1) is 24.4 Å². The van der Waals surface area contributed by atoms with E-state index in [-0.39, 0.29) is 18.9 Å². The minimum atomic E-state index is -0.997. The molecule has 0 radical (unpaired) electrons. The second-order valence-corrected chi connectivity index (χ2v) is 9.77. The lowest BCUT2D eigenvalue weighted by molar-refractivity contribution is -0.166. The zero-order valence-electron chi connectivity index (χ0n) is 21.8. The third-order valence-corrected chi connectivity index (χ3v) is 5.94. The van der Waals surface area contributed by atoms with Crippen LogP contribution in [0.25, 0.3) is 5.65 Å². The Hall–Kier alpha value is -2.94. The number of hydrogen-bond donors (Lipinski definition) is 0. The molecule has 1 aliphatic rings. The molecule has 1 aliphatic heterocycles. The van der Waals surface area contributed by atoms with Crippen LogP contribution in [0.15, 0.2) is 18.7 Å². The molecular formula is C26H38N4O5. The van der Waals surface area contributed by atoms with Crippen LogP contribution in [0.4, 0.5) is 5.82 Å². The third kappa shape index (κ3) is 6.20. The van der Waals surface area contributed by atoms with Gasteiger partial charge in [-0.25, -0.2) is 14.6 Å². The minimum Gasteiger partial charge on any atom is -0.464 e. The number of aromatic nitrogens is 3. The molecule has 0 aliphatic carbocycles. The van der Waals surface area contributed by atoms with Crippen molar-refractivity contribution in [3.63, 3.8) is 0 Å². The Kier molecular flexibility index (Phi) is 8.53. The molecule has 9 nitrogen and oxygen atoms in total. The first-order chi connectivity index (χ1) is 16.6. The van der Waals surface area contributed by atoms with E-state index in [1.54, 1.807) is 24.4 Å². The molecule has 3 rings (SSSR count). The molecule has 1 saturated heterocycles. The highest BCUT2D eigenvalue weighted by molar-refractivity contribution is 5.89. The van der Waals surface area contributed by atoms with Crippen molar-refractivity contribution in [1.82, 2.24) is 14.6 Å². The van der Waals surface area contributed by atoms with E-state index in [1.165, 1.54) is 0 Å². The number of esters is 2. The van der Waals surface area contributed by atoms with E-state index in [1.807, 2.05) is 33.8 Å². The van der Waals surface area contributed by atoms with Crippen molar-refractivity contribution in [2.75, 3.05) is 31.2 Å². The molecular weight excluding hydrogens is 448 g/mol. The number of hydrogen-bond acceptors (Lipinski definition) is 8. The van der Waals surface area contributed by atoms with Crippen molar-refractivity contribution in [3.05, 3.63) is 35.7 Å². The average molecular weight is 487 g/mol. The summed E-state index contributed by atoms with van der Waals surface area (Å²) in [7, 11) is 0. The molecule has 2 aromatic heterocycles. The Morgan fingerprint density at radius 3 is 2.43 bits per heavy atom. The molecule has 1 unspecified atom stereocenters. The fourth-order valence-electron chi connectivity index (χ4n) is 4.44. The molecule has 1 fully saturated rings. The second-order valence-electron chi connectivity index (χ2n) is 9.77. The number of allylic oxidation sites excluding steroid dienone is 1. The van der Waals surface area contributed by atoms with Gasteiger partial charge in [0.1, 0.15) is 5.82 Å². The summed E-state index contributed by atoms with van der Waals surface area (Å²) in [6.07, 6.45) is 3.89. The summed E-state index contributed by atoms with van der Waals surface area (Å²) < 4.78 is 18.5. The highest BCUT2D eigenvalue weighted by Gasteiger charge is 2.36. The predicted molar refractivity (Wildman–Crippen MR) is 134 cm³/mol. The molecule has 0 bridgehead atoms. The smallest absolute Gasteiger partial charge is 0.358 e. The monoisotopic (exact) mass is 486 g/mol. The maximum absolute atomic E-state index is 13.2. The maximum atomic E-state index is 13.2. The summed E-state index contributed by atoms with van der Waals surface area (Å²) in [5.41, 5.74) is 1.29. The number of anilines is 1. The van der Waals surface area contributed by atoms with Crippen LogP contribution >= 0.6 is 0 Å². The predicted octanol–water partition coefficient (Wildman–Crippen LogP) is 4.43. The van der Waals surface area contributed by atoms with Crippen molar-refractivity contribution in [1.29, 1.82) is 0 Å². The lowest BCUT2D eigenvalue weighted by Crippen LogP contribution is -2.38. The lowest BCUT2D eigenvalue weighted by Gasteiger charge is -2.36. The van der Waals surface area contributed by atoms with Gasteiger partial charge in [0.15, 0.2) is 17.4 Å². The molecule has 0 N–H and O–H groups in total. The quantitative estimate of drug-likeness (QED) is 0.380. The van der Waals surface area contributed by atoms with Gasteiger partial charge in [0.2, 0.25) is 0 Å². The molecule has 192 valence electrons. The lowest BCUT2D eigenvalue weighted by atomic mass is 9.93. The topological polar surface area (TPSA) is 95.3 Å². The molecule has 0 aromatic carbocycles. The van der Waals surface area contributed by atoms with Crippen LogP contribution in [-0.4, -0.2) is 58.4 Å². The number of ether oxygens (including phenoxy) is 3. The summed E-state index contributed by atoms with van der Waals surface area (Å²) in [6, 6.07) is 1.62. The summed E-state index contributed by atoms with van der Waals surface area (Å²) in [5.74, 6) is 0.264. The molecule has 0 saturated carbocycles. The van der Waals surface area contributed by atoms with Crippen molar-refractivity contribution in [2.24, 2.45) is 5.92 Å². The third-order valence-electron chi connectivity index (χ3n) is 5.94.